The number of carbonyl (C=O) groups is 2. The van der Waals surface area contributed by atoms with E-state index in [1.165, 1.54) is 24.3 Å². The van der Waals surface area contributed by atoms with Gasteiger partial charge >= 0.3 is 5.97 Å². The summed E-state index contributed by atoms with van der Waals surface area (Å²) in [6, 6.07) is 2.35. The van der Waals surface area contributed by atoms with Crippen molar-refractivity contribution in [2.24, 2.45) is 0 Å². The first-order valence-corrected chi connectivity index (χ1v) is 11.3. The highest BCUT2D eigenvalue weighted by atomic mass is 32.1. The third-order valence-corrected chi connectivity index (χ3v) is 6.28. The minimum absolute atomic E-state index is 0.0211. The third-order valence-electron chi connectivity index (χ3n) is 5.51. The number of amides is 1. The molecule has 1 aliphatic carbocycles. The lowest BCUT2D eigenvalue weighted by atomic mass is 9.94. The first-order chi connectivity index (χ1) is 15.5. The molecular weight excluding hydrogens is 438 g/mol. The maximum absolute atomic E-state index is 13.3. The van der Waals surface area contributed by atoms with E-state index < -0.39 is 28.6 Å². The molecule has 0 radical (unpaired) electrons. The van der Waals surface area contributed by atoms with Crippen molar-refractivity contribution < 1.29 is 28.7 Å². The van der Waals surface area contributed by atoms with Crippen molar-refractivity contribution in [1.29, 1.82) is 0 Å². The van der Waals surface area contributed by atoms with Gasteiger partial charge in [-0.3, -0.25) is 19.8 Å². The van der Waals surface area contributed by atoms with Crippen LogP contribution in [0.25, 0.3) is 0 Å². The highest BCUT2D eigenvalue weighted by Gasteiger charge is 2.35. The summed E-state index contributed by atoms with van der Waals surface area (Å²) in [4.78, 5) is 42.9. The largest absolute Gasteiger partial charge is 0.486 e. The van der Waals surface area contributed by atoms with E-state index in [-0.39, 0.29) is 36.3 Å². The van der Waals surface area contributed by atoms with Crippen molar-refractivity contribution in [2.45, 2.75) is 51.2 Å². The van der Waals surface area contributed by atoms with E-state index in [1.54, 1.807) is 16.5 Å². The number of carbonyl (C=O) groups excluding carboxylic acids is 2. The molecule has 2 aliphatic rings. The molecule has 1 atom stereocenters. The monoisotopic (exact) mass is 461 g/mol. The minimum atomic E-state index is -1.15. The van der Waals surface area contributed by atoms with Crippen LogP contribution in [0.3, 0.4) is 0 Å². The molecule has 11 heteroatoms. The van der Waals surface area contributed by atoms with Crippen LogP contribution >= 0.6 is 11.3 Å². The summed E-state index contributed by atoms with van der Waals surface area (Å²) in [5.74, 6) is -0.965. The van der Waals surface area contributed by atoms with Crippen LogP contribution < -0.4 is 14.4 Å². The standard InChI is InChI=1S/C21H23N3O7S/c1-13(19(25)23(21-22-7-10-32-21)14-5-3-2-4-6-14)31-20(26)15-11-17-18(30-9-8-29-17)12-16(15)24(27)28/h7,10-14H,2-6,8-9H2,1H3. The zero-order valence-electron chi connectivity index (χ0n) is 17.5. The molecule has 10 nitrogen and oxygen atoms in total. The molecule has 170 valence electrons. The average Bonchev–Trinajstić information content (AvgIpc) is 3.33. The topological polar surface area (TPSA) is 121 Å². The van der Waals surface area contributed by atoms with Gasteiger partial charge in [-0.05, 0) is 19.8 Å². The number of hydrogen-bond donors (Lipinski definition) is 0. The van der Waals surface area contributed by atoms with Crippen molar-refractivity contribution in [3.8, 4) is 11.5 Å². The van der Waals surface area contributed by atoms with Crippen LogP contribution in [0.5, 0.6) is 11.5 Å². The Morgan fingerprint density at radius 3 is 2.53 bits per heavy atom. The lowest BCUT2D eigenvalue weighted by Gasteiger charge is -2.33. The Kier molecular flexibility index (Phi) is 6.54. The first kappa shape index (κ1) is 22.0. The van der Waals surface area contributed by atoms with Crippen molar-refractivity contribution in [2.75, 3.05) is 18.1 Å². The number of ether oxygens (including phenoxy) is 3. The minimum Gasteiger partial charge on any atom is -0.486 e. The summed E-state index contributed by atoms with van der Waals surface area (Å²) in [5.41, 5.74) is -0.764. The molecule has 0 spiro atoms. The Hall–Kier alpha value is -3.21. The number of esters is 1. The van der Waals surface area contributed by atoms with Gasteiger partial charge in [0, 0.05) is 23.7 Å². The molecule has 1 aromatic carbocycles. The van der Waals surface area contributed by atoms with Gasteiger partial charge in [0.05, 0.1) is 11.0 Å². The second-order valence-corrected chi connectivity index (χ2v) is 8.51. The number of nitro benzene ring substituents is 1. The summed E-state index contributed by atoms with van der Waals surface area (Å²) >= 11 is 1.34. The van der Waals surface area contributed by atoms with Gasteiger partial charge in [0.15, 0.2) is 22.7 Å². The second-order valence-electron chi connectivity index (χ2n) is 7.63. The number of benzene rings is 1. The zero-order chi connectivity index (χ0) is 22.7. The Morgan fingerprint density at radius 2 is 1.91 bits per heavy atom. The van der Waals surface area contributed by atoms with Gasteiger partial charge < -0.3 is 14.2 Å². The molecule has 4 rings (SSSR count). The fraction of sp³-hybridized carbons (Fsp3) is 0.476. The second kappa shape index (κ2) is 9.51. The molecule has 2 aromatic rings. The van der Waals surface area contributed by atoms with Crippen LogP contribution in [0, 0.1) is 10.1 Å². The van der Waals surface area contributed by atoms with Gasteiger partial charge in [-0.25, -0.2) is 9.78 Å². The number of hydrogen-bond acceptors (Lipinski definition) is 9. The highest BCUT2D eigenvalue weighted by Crippen LogP contribution is 2.37. The van der Waals surface area contributed by atoms with E-state index in [2.05, 4.69) is 4.98 Å². The Morgan fingerprint density at radius 1 is 1.22 bits per heavy atom. The summed E-state index contributed by atoms with van der Waals surface area (Å²) in [7, 11) is 0. The predicted molar refractivity (Wildman–Crippen MR) is 115 cm³/mol. The number of thiazole rings is 1. The van der Waals surface area contributed by atoms with Crippen LogP contribution in [0.4, 0.5) is 10.8 Å². The summed E-state index contributed by atoms with van der Waals surface area (Å²) in [5, 5.41) is 13.9. The first-order valence-electron chi connectivity index (χ1n) is 10.5. The average molecular weight is 461 g/mol. The van der Waals surface area contributed by atoms with Gasteiger partial charge in [-0.15, -0.1) is 11.3 Å². The SMILES string of the molecule is CC(OC(=O)c1cc2c(cc1[N+](=O)[O-])OCCO2)C(=O)N(c1nccs1)C1CCCCC1. The Bertz CT molecular complexity index is 1010. The Balaban J connectivity index is 1.56. The van der Waals surface area contributed by atoms with Crippen molar-refractivity contribution in [3.63, 3.8) is 0 Å². The van der Waals surface area contributed by atoms with Gasteiger partial charge in [-0.1, -0.05) is 19.3 Å². The molecule has 0 bridgehead atoms. The van der Waals surface area contributed by atoms with E-state index in [9.17, 15) is 19.7 Å². The molecule has 32 heavy (non-hydrogen) atoms. The van der Waals surface area contributed by atoms with Gasteiger partial charge in [0.2, 0.25) is 0 Å². The van der Waals surface area contributed by atoms with Crippen LogP contribution in [0.15, 0.2) is 23.7 Å². The molecule has 1 fully saturated rings. The third kappa shape index (κ3) is 4.52. The number of anilines is 1. The maximum atomic E-state index is 13.3. The lowest BCUT2D eigenvalue weighted by Crippen LogP contribution is -2.47. The zero-order valence-corrected chi connectivity index (χ0v) is 18.3. The molecule has 1 amide bonds. The van der Waals surface area contributed by atoms with Crippen LogP contribution in [0.1, 0.15) is 49.4 Å². The summed E-state index contributed by atoms with van der Waals surface area (Å²) in [6.45, 7) is 1.99. The smallest absolute Gasteiger partial charge is 0.346 e. The molecule has 1 saturated carbocycles. The molecule has 1 aliphatic heterocycles. The molecule has 1 aromatic heterocycles. The fourth-order valence-electron chi connectivity index (χ4n) is 3.97. The van der Waals surface area contributed by atoms with E-state index in [0.717, 1.165) is 38.2 Å². The number of rotatable bonds is 6. The van der Waals surface area contributed by atoms with Gasteiger partial charge in [0.1, 0.15) is 18.8 Å². The van der Waals surface area contributed by atoms with Crippen molar-refractivity contribution >= 4 is 34.0 Å². The molecule has 0 N–H and O–H groups in total. The van der Waals surface area contributed by atoms with E-state index in [0.29, 0.717) is 5.13 Å². The lowest BCUT2D eigenvalue weighted by molar-refractivity contribution is -0.385. The molecule has 1 unspecified atom stereocenters. The van der Waals surface area contributed by atoms with Crippen molar-refractivity contribution in [3.05, 3.63) is 39.4 Å². The normalized spacial score (nSPS) is 16.8. The van der Waals surface area contributed by atoms with Gasteiger partial charge in [-0.2, -0.15) is 0 Å². The van der Waals surface area contributed by atoms with Crippen LogP contribution in [-0.4, -0.2) is 47.1 Å². The fourth-order valence-corrected chi connectivity index (χ4v) is 4.69. The number of fused-ring (bicyclic) bond motifs is 1. The van der Waals surface area contributed by atoms with Crippen LogP contribution in [0.2, 0.25) is 0 Å². The summed E-state index contributed by atoms with van der Waals surface area (Å²) < 4.78 is 16.2. The summed E-state index contributed by atoms with van der Waals surface area (Å²) in [6.07, 6.45) is 5.31. The molecular formula is C21H23N3O7S. The van der Waals surface area contributed by atoms with E-state index in [4.69, 9.17) is 14.2 Å². The van der Waals surface area contributed by atoms with E-state index >= 15 is 0 Å². The van der Waals surface area contributed by atoms with Gasteiger partial charge in [0.25, 0.3) is 11.6 Å². The van der Waals surface area contributed by atoms with Crippen molar-refractivity contribution in [1.82, 2.24) is 4.98 Å². The van der Waals surface area contributed by atoms with Crippen LogP contribution in [-0.2, 0) is 9.53 Å². The maximum Gasteiger partial charge on any atom is 0.346 e. The number of nitro groups is 1. The predicted octanol–water partition coefficient (Wildman–Crippen LogP) is 3.73. The Labute approximate surface area is 188 Å². The molecule has 2 heterocycles. The number of nitrogens with zero attached hydrogens (tertiary/aromatic N) is 3. The highest BCUT2D eigenvalue weighted by molar-refractivity contribution is 7.13. The van der Waals surface area contributed by atoms with E-state index in [1.807, 2.05) is 0 Å². The quantitative estimate of drug-likeness (QED) is 0.362. The molecule has 0 saturated heterocycles. The number of aromatic nitrogens is 1.